The fourth-order valence-corrected chi connectivity index (χ4v) is 5.77. The van der Waals surface area contributed by atoms with Crippen LogP contribution in [0.4, 0.5) is 5.69 Å². The highest BCUT2D eigenvalue weighted by Crippen LogP contribution is 2.32. The van der Waals surface area contributed by atoms with Crippen LogP contribution in [-0.4, -0.2) is 57.0 Å². The molecule has 0 unspecified atom stereocenters. The van der Waals surface area contributed by atoms with Gasteiger partial charge in [-0.3, -0.25) is 4.79 Å². The molecule has 32 heavy (non-hydrogen) atoms. The third-order valence-electron chi connectivity index (χ3n) is 5.05. The van der Waals surface area contributed by atoms with Gasteiger partial charge in [-0.25, -0.2) is 13.4 Å². The first-order chi connectivity index (χ1) is 15.4. The third kappa shape index (κ3) is 4.53. The number of aryl methyl sites for hydroxylation is 1. The third-order valence-corrected chi connectivity index (χ3v) is 8.15. The molecule has 1 aromatic heterocycles. The Bertz CT molecular complexity index is 1220. The lowest BCUT2D eigenvalue weighted by Gasteiger charge is -2.26. The van der Waals surface area contributed by atoms with Crippen molar-refractivity contribution >= 4 is 33.0 Å². The second kappa shape index (κ2) is 9.37. The van der Waals surface area contributed by atoms with E-state index in [9.17, 15) is 13.2 Å². The van der Waals surface area contributed by atoms with Crippen LogP contribution in [0.5, 0.6) is 5.75 Å². The molecule has 1 aliphatic rings. The number of sulfonamides is 1. The maximum atomic E-state index is 13.0. The van der Waals surface area contributed by atoms with Crippen molar-refractivity contribution < 1.29 is 22.7 Å². The van der Waals surface area contributed by atoms with Crippen molar-refractivity contribution in [2.45, 2.75) is 11.8 Å². The van der Waals surface area contributed by atoms with E-state index in [0.717, 1.165) is 10.6 Å². The van der Waals surface area contributed by atoms with E-state index in [4.69, 9.17) is 9.47 Å². The summed E-state index contributed by atoms with van der Waals surface area (Å²) in [5.41, 5.74) is 1.80. The largest absolute Gasteiger partial charge is 0.495 e. The van der Waals surface area contributed by atoms with E-state index in [0.29, 0.717) is 42.6 Å². The molecular formula is C22H23N3O5S2. The van der Waals surface area contributed by atoms with E-state index in [2.05, 4.69) is 10.3 Å². The lowest BCUT2D eigenvalue weighted by Crippen LogP contribution is -2.40. The number of nitrogens with zero attached hydrogens (tertiary/aromatic N) is 2. The van der Waals surface area contributed by atoms with E-state index in [1.807, 2.05) is 30.3 Å². The Kier molecular flexibility index (Phi) is 6.56. The molecule has 1 N–H and O–H groups in total. The number of nitrogens with one attached hydrogen (secondary N) is 1. The SMILES string of the molecule is COc1ccc(S(=O)(=O)N2CCOCC2)cc1NC(=O)c1sc(-c2ccccc2)nc1C. The zero-order valence-corrected chi connectivity index (χ0v) is 19.3. The van der Waals surface area contributed by atoms with Crippen molar-refractivity contribution in [3.63, 3.8) is 0 Å². The number of morpholine rings is 1. The standard InChI is InChI=1S/C22H23N3O5S2/c1-15-20(31-22(23-15)16-6-4-3-5-7-16)21(26)24-18-14-17(8-9-19(18)29-2)32(27,28)25-10-12-30-13-11-25/h3-9,14H,10-13H2,1-2H3,(H,24,26). The Morgan fingerprint density at radius 2 is 1.88 bits per heavy atom. The number of hydrogen-bond acceptors (Lipinski definition) is 7. The average molecular weight is 474 g/mol. The molecule has 3 aromatic rings. The topological polar surface area (TPSA) is 97.8 Å². The number of methoxy groups -OCH3 is 1. The second-order valence-corrected chi connectivity index (χ2v) is 10.1. The Hall–Kier alpha value is -2.79. The lowest BCUT2D eigenvalue weighted by atomic mass is 10.2. The van der Waals surface area contributed by atoms with Crippen molar-refractivity contribution in [3.05, 3.63) is 59.1 Å². The molecule has 0 radical (unpaired) electrons. The van der Waals surface area contributed by atoms with Gasteiger partial charge < -0.3 is 14.8 Å². The lowest BCUT2D eigenvalue weighted by molar-refractivity contribution is 0.0730. The van der Waals surface area contributed by atoms with Crippen LogP contribution in [0.15, 0.2) is 53.4 Å². The van der Waals surface area contributed by atoms with Gasteiger partial charge in [-0.1, -0.05) is 30.3 Å². The maximum Gasteiger partial charge on any atom is 0.267 e. The van der Waals surface area contributed by atoms with Gasteiger partial charge in [0.25, 0.3) is 5.91 Å². The molecule has 0 atom stereocenters. The predicted molar refractivity (Wildman–Crippen MR) is 123 cm³/mol. The van der Waals surface area contributed by atoms with Gasteiger partial charge in [0.2, 0.25) is 10.0 Å². The first kappa shape index (κ1) is 22.4. The molecule has 1 fully saturated rings. The molecule has 4 rings (SSSR count). The fourth-order valence-electron chi connectivity index (χ4n) is 3.37. The summed E-state index contributed by atoms with van der Waals surface area (Å²) >= 11 is 1.28. The van der Waals surface area contributed by atoms with Gasteiger partial charge in [0.1, 0.15) is 15.6 Å². The van der Waals surface area contributed by atoms with Gasteiger partial charge in [0, 0.05) is 18.7 Å². The molecule has 0 saturated carbocycles. The predicted octanol–water partition coefficient (Wildman–Crippen LogP) is 3.40. The Labute approximate surface area is 190 Å². The van der Waals surface area contributed by atoms with Gasteiger partial charge >= 0.3 is 0 Å². The number of hydrogen-bond donors (Lipinski definition) is 1. The van der Waals surface area contributed by atoms with Crippen molar-refractivity contribution in [1.82, 2.24) is 9.29 Å². The second-order valence-electron chi connectivity index (χ2n) is 7.13. The first-order valence-electron chi connectivity index (χ1n) is 10.0. The highest BCUT2D eigenvalue weighted by molar-refractivity contribution is 7.89. The minimum Gasteiger partial charge on any atom is -0.495 e. The summed E-state index contributed by atoms with van der Waals surface area (Å²) in [5.74, 6) is -0.00821. The number of amides is 1. The monoisotopic (exact) mass is 473 g/mol. The van der Waals surface area contributed by atoms with E-state index >= 15 is 0 Å². The van der Waals surface area contributed by atoms with Gasteiger partial charge in [-0.05, 0) is 25.1 Å². The molecule has 0 bridgehead atoms. The summed E-state index contributed by atoms with van der Waals surface area (Å²) in [6, 6.07) is 14.1. The van der Waals surface area contributed by atoms with Crippen LogP contribution in [0.3, 0.4) is 0 Å². The number of ether oxygens (including phenoxy) is 2. The molecule has 2 aromatic carbocycles. The number of rotatable bonds is 6. The Morgan fingerprint density at radius 3 is 2.56 bits per heavy atom. The Balaban J connectivity index is 1.62. The van der Waals surface area contributed by atoms with Gasteiger partial charge in [-0.2, -0.15) is 4.31 Å². The summed E-state index contributed by atoms with van der Waals surface area (Å²) in [5, 5.41) is 3.54. The minimum atomic E-state index is -3.71. The van der Waals surface area contributed by atoms with Crippen molar-refractivity contribution in [2.24, 2.45) is 0 Å². The molecule has 168 valence electrons. The van der Waals surface area contributed by atoms with Gasteiger partial charge in [0.15, 0.2) is 0 Å². The summed E-state index contributed by atoms with van der Waals surface area (Å²) in [6.45, 7) is 3.06. The first-order valence-corrected chi connectivity index (χ1v) is 12.3. The highest BCUT2D eigenvalue weighted by atomic mass is 32.2. The van der Waals surface area contributed by atoms with E-state index < -0.39 is 10.0 Å². The molecular weight excluding hydrogens is 450 g/mol. The van der Waals surface area contributed by atoms with Crippen LogP contribution >= 0.6 is 11.3 Å². The molecule has 8 nitrogen and oxygen atoms in total. The van der Waals surface area contributed by atoms with E-state index in [1.54, 1.807) is 6.92 Å². The molecule has 10 heteroatoms. The molecule has 0 aliphatic carbocycles. The average Bonchev–Trinajstić information content (AvgIpc) is 3.22. The molecule has 2 heterocycles. The maximum absolute atomic E-state index is 13.0. The minimum absolute atomic E-state index is 0.0847. The zero-order valence-electron chi connectivity index (χ0n) is 17.7. The molecule has 0 spiro atoms. The quantitative estimate of drug-likeness (QED) is 0.589. The molecule has 1 amide bonds. The van der Waals surface area contributed by atoms with Crippen molar-refractivity contribution in [3.8, 4) is 16.3 Å². The van der Waals surface area contributed by atoms with Gasteiger partial charge in [0.05, 0.1) is 36.6 Å². The van der Waals surface area contributed by atoms with Gasteiger partial charge in [-0.15, -0.1) is 11.3 Å². The zero-order chi connectivity index (χ0) is 22.7. The van der Waals surface area contributed by atoms with E-state index in [1.165, 1.54) is 41.0 Å². The number of thiazole rings is 1. The summed E-state index contributed by atoms with van der Waals surface area (Å²) in [7, 11) is -2.25. The number of carbonyl (C=O) groups excluding carboxylic acids is 1. The highest BCUT2D eigenvalue weighted by Gasteiger charge is 2.27. The normalized spacial score (nSPS) is 14.8. The summed E-state index contributed by atoms with van der Waals surface area (Å²) in [4.78, 5) is 18.1. The van der Waals surface area contributed by atoms with Crippen LogP contribution < -0.4 is 10.1 Å². The van der Waals surface area contributed by atoms with Crippen molar-refractivity contribution in [2.75, 3.05) is 38.7 Å². The van der Waals surface area contributed by atoms with Crippen molar-refractivity contribution in [1.29, 1.82) is 0 Å². The molecule has 1 saturated heterocycles. The number of benzene rings is 2. The molecule has 1 aliphatic heterocycles. The van der Waals surface area contributed by atoms with Crippen LogP contribution in [-0.2, 0) is 14.8 Å². The number of aromatic nitrogens is 1. The number of anilines is 1. The van der Waals surface area contributed by atoms with Crippen LogP contribution in [0.1, 0.15) is 15.4 Å². The summed E-state index contributed by atoms with van der Waals surface area (Å²) < 4.78 is 38.0. The van der Waals surface area contributed by atoms with Crippen LogP contribution in [0, 0.1) is 6.92 Å². The van der Waals surface area contributed by atoms with E-state index in [-0.39, 0.29) is 16.5 Å². The van der Waals surface area contributed by atoms with Crippen LogP contribution in [0.25, 0.3) is 10.6 Å². The number of carbonyl (C=O) groups is 1. The Morgan fingerprint density at radius 1 is 1.16 bits per heavy atom. The smallest absolute Gasteiger partial charge is 0.267 e. The fraction of sp³-hybridized carbons (Fsp3) is 0.273. The summed E-state index contributed by atoms with van der Waals surface area (Å²) in [6.07, 6.45) is 0. The van der Waals surface area contributed by atoms with Crippen LogP contribution in [0.2, 0.25) is 0 Å².